The molecule has 0 radical (unpaired) electrons. The number of likely N-dealkylation sites (tertiary alicyclic amines) is 1. The Morgan fingerprint density at radius 2 is 2.05 bits per heavy atom. The van der Waals surface area contributed by atoms with Crippen LogP contribution < -0.4 is 4.74 Å². The third-order valence-electron chi connectivity index (χ3n) is 3.57. The van der Waals surface area contributed by atoms with Gasteiger partial charge in [0.1, 0.15) is 5.75 Å². The number of para-hydroxylation sites is 1. The van der Waals surface area contributed by atoms with Crippen molar-refractivity contribution in [2.45, 2.75) is 31.5 Å². The minimum atomic E-state index is -4.36. The maximum absolute atomic E-state index is 12.8. The minimum absolute atomic E-state index is 0.0735. The number of hydrogen-bond acceptors (Lipinski definition) is 2. The van der Waals surface area contributed by atoms with Gasteiger partial charge in [-0.05, 0) is 45.0 Å². The fourth-order valence-electron chi connectivity index (χ4n) is 2.48. The Kier molecular flexibility index (Phi) is 4.34. The van der Waals surface area contributed by atoms with E-state index in [1.807, 2.05) is 7.05 Å². The molecule has 0 saturated carbocycles. The van der Waals surface area contributed by atoms with Crippen LogP contribution in [0.2, 0.25) is 0 Å². The standard InChI is InChI=1S/C14H18F3NO/c1-18-9-4-5-11(18)8-10-19-13-7-3-2-6-12(13)14(15,16)17/h2-3,6-7,11H,4-5,8-10H2,1H3. The monoisotopic (exact) mass is 273 g/mol. The molecule has 1 aliphatic rings. The number of nitrogens with zero attached hydrogens (tertiary/aromatic N) is 1. The Bertz CT molecular complexity index is 419. The van der Waals surface area contributed by atoms with E-state index in [1.54, 1.807) is 6.07 Å². The Balaban J connectivity index is 1.92. The lowest BCUT2D eigenvalue weighted by Gasteiger charge is -2.20. The van der Waals surface area contributed by atoms with Crippen LogP contribution in [0.15, 0.2) is 24.3 Å². The zero-order chi connectivity index (χ0) is 13.9. The van der Waals surface area contributed by atoms with E-state index in [0.717, 1.165) is 31.9 Å². The van der Waals surface area contributed by atoms with Crippen LogP contribution in [0.1, 0.15) is 24.8 Å². The van der Waals surface area contributed by atoms with Crippen molar-refractivity contribution in [3.05, 3.63) is 29.8 Å². The normalized spacial score (nSPS) is 20.7. The second kappa shape index (κ2) is 5.82. The van der Waals surface area contributed by atoms with Gasteiger partial charge in [0.15, 0.2) is 0 Å². The van der Waals surface area contributed by atoms with Gasteiger partial charge in [0, 0.05) is 6.04 Å². The molecule has 0 spiro atoms. The lowest BCUT2D eigenvalue weighted by molar-refractivity contribution is -0.139. The van der Waals surface area contributed by atoms with Crippen molar-refractivity contribution >= 4 is 0 Å². The molecule has 0 N–H and O–H groups in total. The molecular formula is C14H18F3NO. The maximum Gasteiger partial charge on any atom is 0.419 e. The molecule has 2 nitrogen and oxygen atoms in total. The fraction of sp³-hybridized carbons (Fsp3) is 0.571. The third-order valence-corrected chi connectivity index (χ3v) is 3.57. The van der Waals surface area contributed by atoms with Crippen LogP contribution in [0.3, 0.4) is 0 Å². The van der Waals surface area contributed by atoms with Crippen molar-refractivity contribution in [3.8, 4) is 5.75 Å². The Labute approximate surface area is 111 Å². The van der Waals surface area contributed by atoms with E-state index in [2.05, 4.69) is 4.90 Å². The van der Waals surface area contributed by atoms with E-state index in [-0.39, 0.29) is 5.75 Å². The van der Waals surface area contributed by atoms with E-state index < -0.39 is 11.7 Å². The van der Waals surface area contributed by atoms with E-state index in [0.29, 0.717) is 12.6 Å². The smallest absolute Gasteiger partial charge is 0.419 e. The van der Waals surface area contributed by atoms with E-state index in [4.69, 9.17) is 4.74 Å². The first-order chi connectivity index (χ1) is 8.98. The third kappa shape index (κ3) is 3.62. The van der Waals surface area contributed by atoms with Crippen LogP contribution in [0, 0.1) is 0 Å². The fourth-order valence-corrected chi connectivity index (χ4v) is 2.48. The van der Waals surface area contributed by atoms with Crippen molar-refractivity contribution in [1.82, 2.24) is 4.90 Å². The highest BCUT2D eigenvalue weighted by Gasteiger charge is 2.34. The van der Waals surface area contributed by atoms with Gasteiger partial charge in [-0.3, -0.25) is 0 Å². The molecular weight excluding hydrogens is 255 g/mol. The molecule has 5 heteroatoms. The molecule has 106 valence electrons. The molecule has 1 fully saturated rings. The summed E-state index contributed by atoms with van der Waals surface area (Å²) in [5, 5.41) is 0. The molecule has 1 aliphatic heterocycles. The quantitative estimate of drug-likeness (QED) is 0.831. The predicted octanol–water partition coefficient (Wildman–Crippen LogP) is 3.57. The highest BCUT2D eigenvalue weighted by atomic mass is 19.4. The zero-order valence-corrected chi connectivity index (χ0v) is 10.9. The molecule has 19 heavy (non-hydrogen) atoms. The largest absolute Gasteiger partial charge is 0.493 e. The average molecular weight is 273 g/mol. The Morgan fingerprint density at radius 3 is 2.68 bits per heavy atom. The number of alkyl halides is 3. The van der Waals surface area contributed by atoms with Gasteiger partial charge in [-0.2, -0.15) is 13.2 Å². The van der Waals surface area contributed by atoms with Crippen molar-refractivity contribution in [2.75, 3.05) is 20.2 Å². The molecule has 0 aliphatic carbocycles. The first-order valence-corrected chi connectivity index (χ1v) is 6.48. The molecule has 2 rings (SSSR count). The van der Waals surface area contributed by atoms with Crippen LogP contribution in [0.4, 0.5) is 13.2 Å². The molecule has 0 aromatic heterocycles. The van der Waals surface area contributed by atoms with Crippen molar-refractivity contribution in [3.63, 3.8) is 0 Å². The number of ether oxygens (including phenoxy) is 1. The number of halogens is 3. The maximum atomic E-state index is 12.8. The van der Waals surface area contributed by atoms with Crippen molar-refractivity contribution in [2.24, 2.45) is 0 Å². The summed E-state index contributed by atoms with van der Waals surface area (Å²) >= 11 is 0. The summed E-state index contributed by atoms with van der Waals surface area (Å²) in [6.45, 7) is 1.38. The van der Waals surface area contributed by atoms with Crippen molar-refractivity contribution < 1.29 is 17.9 Å². The molecule has 0 bridgehead atoms. The minimum Gasteiger partial charge on any atom is -0.493 e. The molecule has 1 aromatic rings. The first kappa shape index (κ1) is 14.2. The summed E-state index contributed by atoms with van der Waals surface area (Å²) in [7, 11) is 2.04. The highest BCUT2D eigenvalue weighted by molar-refractivity contribution is 5.35. The second-order valence-corrected chi connectivity index (χ2v) is 4.91. The summed E-state index contributed by atoms with van der Waals surface area (Å²) < 4.78 is 43.6. The number of hydrogen-bond donors (Lipinski definition) is 0. The zero-order valence-electron chi connectivity index (χ0n) is 10.9. The SMILES string of the molecule is CN1CCCC1CCOc1ccccc1C(F)(F)F. The molecule has 1 atom stereocenters. The van der Waals surface area contributed by atoms with E-state index in [9.17, 15) is 13.2 Å². The molecule has 1 saturated heterocycles. The lowest BCUT2D eigenvalue weighted by atomic mass is 10.1. The Morgan fingerprint density at radius 1 is 1.32 bits per heavy atom. The van der Waals surface area contributed by atoms with Crippen LogP contribution in [-0.4, -0.2) is 31.1 Å². The van der Waals surface area contributed by atoms with E-state index >= 15 is 0 Å². The summed E-state index contributed by atoms with van der Waals surface area (Å²) in [5.41, 5.74) is -0.699. The highest BCUT2D eigenvalue weighted by Crippen LogP contribution is 2.36. The average Bonchev–Trinajstić information content (AvgIpc) is 2.75. The van der Waals surface area contributed by atoms with Gasteiger partial charge in [0.25, 0.3) is 0 Å². The molecule has 1 heterocycles. The summed E-state index contributed by atoms with van der Waals surface area (Å²) in [5.74, 6) is -0.0735. The van der Waals surface area contributed by atoms with Crippen LogP contribution in [-0.2, 0) is 6.18 Å². The van der Waals surface area contributed by atoms with Crippen LogP contribution in [0.25, 0.3) is 0 Å². The van der Waals surface area contributed by atoms with Gasteiger partial charge in [0.05, 0.1) is 12.2 Å². The van der Waals surface area contributed by atoms with Gasteiger partial charge in [-0.25, -0.2) is 0 Å². The van der Waals surface area contributed by atoms with Crippen LogP contribution >= 0.6 is 0 Å². The van der Waals surface area contributed by atoms with Gasteiger partial charge in [-0.1, -0.05) is 12.1 Å². The predicted molar refractivity (Wildman–Crippen MR) is 67.2 cm³/mol. The summed E-state index contributed by atoms with van der Waals surface area (Å²) in [6.07, 6.45) is -1.34. The Hall–Kier alpha value is -1.23. The molecule has 0 amide bonds. The topological polar surface area (TPSA) is 12.5 Å². The summed E-state index contributed by atoms with van der Waals surface area (Å²) in [6, 6.07) is 5.79. The molecule has 1 aromatic carbocycles. The lowest BCUT2D eigenvalue weighted by Crippen LogP contribution is -2.26. The van der Waals surface area contributed by atoms with E-state index in [1.165, 1.54) is 12.1 Å². The first-order valence-electron chi connectivity index (χ1n) is 6.48. The number of rotatable bonds is 4. The summed E-state index contributed by atoms with van der Waals surface area (Å²) in [4.78, 5) is 2.24. The van der Waals surface area contributed by atoms with Crippen LogP contribution in [0.5, 0.6) is 5.75 Å². The number of benzene rings is 1. The van der Waals surface area contributed by atoms with Crippen molar-refractivity contribution in [1.29, 1.82) is 0 Å². The van der Waals surface area contributed by atoms with Gasteiger partial charge in [0.2, 0.25) is 0 Å². The van der Waals surface area contributed by atoms with Gasteiger partial charge < -0.3 is 9.64 Å². The van der Waals surface area contributed by atoms with Gasteiger partial charge in [-0.15, -0.1) is 0 Å². The van der Waals surface area contributed by atoms with Gasteiger partial charge >= 0.3 is 6.18 Å². The second-order valence-electron chi connectivity index (χ2n) is 4.91. The molecule has 1 unspecified atom stereocenters.